The first-order chi connectivity index (χ1) is 14.1. The molecule has 1 aliphatic carbocycles. The third-order valence-electron chi connectivity index (χ3n) is 5.17. The van der Waals surface area contributed by atoms with E-state index in [0.29, 0.717) is 30.7 Å². The van der Waals surface area contributed by atoms with Gasteiger partial charge in [-0.1, -0.05) is 12.8 Å². The van der Waals surface area contributed by atoms with Crippen molar-refractivity contribution in [3.63, 3.8) is 0 Å². The van der Waals surface area contributed by atoms with Gasteiger partial charge in [0.05, 0.1) is 6.10 Å². The number of nitrogens with one attached hydrogen (secondary N) is 3. The number of aliphatic imine (C=N–C) groups is 1. The van der Waals surface area contributed by atoms with Gasteiger partial charge in [0, 0.05) is 38.3 Å². The summed E-state index contributed by atoms with van der Waals surface area (Å²) < 4.78 is 5.97. The number of halogens is 1. The predicted octanol–water partition coefficient (Wildman–Crippen LogP) is 3.28. The van der Waals surface area contributed by atoms with Gasteiger partial charge in [0.2, 0.25) is 0 Å². The van der Waals surface area contributed by atoms with Crippen LogP contribution in [0, 0.1) is 5.92 Å². The molecular weight excluding hydrogens is 495 g/mol. The van der Waals surface area contributed by atoms with Gasteiger partial charge in [-0.25, -0.2) is 0 Å². The van der Waals surface area contributed by atoms with E-state index in [9.17, 15) is 9.90 Å². The summed E-state index contributed by atoms with van der Waals surface area (Å²) in [6, 6.07) is 6.21. The second-order valence-corrected chi connectivity index (χ2v) is 7.32. The lowest BCUT2D eigenvalue weighted by Crippen LogP contribution is -2.41. The van der Waals surface area contributed by atoms with Crippen LogP contribution in [0.3, 0.4) is 0 Å². The van der Waals surface area contributed by atoms with Gasteiger partial charge in [0.15, 0.2) is 5.96 Å². The molecule has 1 atom stereocenters. The first kappa shape index (κ1) is 26.5. The number of hydrogen-bond donors (Lipinski definition) is 4. The third-order valence-corrected chi connectivity index (χ3v) is 5.17. The molecule has 1 aromatic rings. The summed E-state index contributed by atoms with van der Waals surface area (Å²) in [7, 11) is 0. The van der Waals surface area contributed by atoms with Crippen molar-refractivity contribution in [1.82, 2.24) is 16.0 Å². The Balaban J connectivity index is 0.00000450. The average molecular weight is 532 g/mol. The smallest absolute Gasteiger partial charge is 0.251 e. The molecule has 0 spiro atoms. The fraction of sp³-hybridized carbons (Fsp3) is 0.636. The van der Waals surface area contributed by atoms with Gasteiger partial charge in [-0.05, 0) is 63.3 Å². The van der Waals surface area contributed by atoms with Crippen LogP contribution in [-0.2, 0) is 4.74 Å². The van der Waals surface area contributed by atoms with Crippen LogP contribution in [0.1, 0.15) is 56.3 Å². The molecule has 1 aliphatic rings. The summed E-state index contributed by atoms with van der Waals surface area (Å²) in [6.45, 7) is 7.40. The second kappa shape index (κ2) is 15.3. The molecule has 30 heavy (non-hydrogen) atoms. The number of guanidine groups is 1. The molecule has 1 unspecified atom stereocenters. The molecule has 4 N–H and O–H groups in total. The number of phenols is 1. The Bertz CT molecular complexity index is 634. The van der Waals surface area contributed by atoms with E-state index < -0.39 is 0 Å². The Morgan fingerprint density at radius 1 is 1.13 bits per heavy atom. The van der Waals surface area contributed by atoms with Crippen molar-refractivity contribution < 1.29 is 14.6 Å². The van der Waals surface area contributed by atoms with Crippen LogP contribution in [0.15, 0.2) is 29.3 Å². The van der Waals surface area contributed by atoms with Crippen molar-refractivity contribution in [3.05, 3.63) is 29.8 Å². The van der Waals surface area contributed by atoms with Crippen molar-refractivity contribution in [2.24, 2.45) is 10.9 Å². The number of carbonyl (C=O) groups is 1. The summed E-state index contributed by atoms with van der Waals surface area (Å²) >= 11 is 0. The fourth-order valence-electron chi connectivity index (χ4n) is 3.72. The van der Waals surface area contributed by atoms with Gasteiger partial charge >= 0.3 is 0 Å². The van der Waals surface area contributed by atoms with Crippen molar-refractivity contribution in [1.29, 1.82) is 0 Å². The van der Waals surface area contributed by atoms with Gasteiger partial charge in [0.25, 0.3) is 5.91 Å². The van der Waals surface area contributed by atoms with Crippen LogP contribution in [0.2, 0.25) is 0 Å². The van der Waals surface area contributed by atoms with E-state index in [4.69, 9.17) is 4.74 Å². The summed E-state index contributed by atoms with van der Waals surface area (Å²) in [5, 5.41) is 18.6. The summed E-state index contributed by atoms with van der Waals surface area (Å²) in [5.41, 5.74) is 0.525. The molecule has 0 aromatic heterocycles. The molecule has 0 radical (unpaired) electrons. The molecule has 1 fully saturated rings. The Kier molecular flexibility index (Phi) is 13.5. The summed E-state index contributed by atoms with van der Waals surface area (Å²) in [4.78, 5) is 16.7. The van der Waals surface area contributed by atoms with E-state index in [1.807, 2.05) is 6.92 Å². The van der Waals surface area contributed by atoms with Gasteiger partial charge < -0.3 is 25.8 Å². The minimum atomic E-state index is -0.162. The molecule has 1 amide bonds. The molecule has 0 aliphatic heterocycles. The number of hydrogen-bond acceptors (Lipinski definition) is 4. The lowest BCUT2D eigenvalue weighted by atomic mass is 9.98. The quantitative estimate of drug-likeness (QED) is 0.152. The lowest BCUT2D eigenvalue weighted by molar-refractivity contribution is 0.0177. The van der Waals surface area contributed by atoms with Crippen LogP contribution in [0.4, 0.5) is 0 Å². The zero-order valence-electron chi connectivity index (χ0n) is 18.2. The molecule has 170 valence electrons. The fourth-order valence-corrected chi connectivity index (χ4v) is 3.72. The molecular formula is C22H37IN4O3. The highest BCUT2D eigenvalue weighted by Crippen LogP contribution is 2.30. The van der Waals surface area contributed by atoms with E-state index in [0.717, 1.165) is 32.1 Å². The first-order valence-electron chi connectivity index (χ1n) is 10.8. The van der Waals surface area contributed by atoms with Crippen LogP contribution in [0.25, 0.3) is 0 Å². The van der Waals surface area contributed by atoms with Gasteiger partial charge in [-0.2, -0.15) is 0 Å². The largest absolute Gasteiger partial charge is 0.508 e. The monoisotopic (exact) mass is 532 g/mol. The van der Waals surface area contributed by atoms with Crippen LogP contribution < -0.4 is 16.0 Å². The maximum absolute atomic E-state index is 12.1. The number of carbonyl (C=O) groups excluding carboxylic acids is 1. The normalized spacial score (nSPS) is 15.3. The number of rotatable bonds is 11. The van der Waals surface area contributed by atoms with Gasteiger partial charge in [-0.15, -0.1) is 24.0 Å². The van der Waals surface area contributed by atoms with E-state index in [2.05, 4.69) is 27.9 Å². The maximum atomic E-state index is 12.1. The van der Waals surface area contributed by atoms with Crippen LogP contribution in [0.5, 0.6) is 5.75 Å². The molecule has 1 saturated carbocycles. The highest BCUT2D eigenvalue weighted by Gasteiger charge is 2.24. The van der Waals surface area contributed by atoms with Crippen LogP contribution >= 0.6 is 24.0 Å². The van der Waals surface area contributed by atoms with E-state index >= 15 is 0 Å². The number of ether oxygens (including phenoxy) is 1. The Labute approximate surface area is 197 Å². The molecule has 0 heterocycles. The molecule has 1 aromatic carbocycles. The highest BCUT2D eigenvalue weighted by atomic mass is 127. The molecule has 0 bridgehead atoms. The zero-order valence-corrected chi connectivity index (χ0v) is 20.5. The maximum Gasteiger partial charge on any atom is 0.251 e. The van der Waals surface area contributed by atoms with Crippen molar-refractivity contribution in [3.8, 4) is 5.75 Å². The Morgan fingerprint density at radius 3 is 2.43 bits per heavy atom. The highest BCUT2D eigenvalue weighted by molar-refractivity contribution is 14.0. The lowest BCUT2D eigenvalue weighted by Gasteiger charge is -2.22. The number of benzene rings is 1. The van der Waals surface area contributed by atoms with Crippen molar-refractivity contribution in [2.75, 3.05) is 32.8 Å². The number of nitrogens with zero attached hydrogens (tertiary/aromatic N) is 1. The average Bonchev–Trinajstić information content (AvgIpc) is 3.25. The summed E-state index contributed by atoms with van der Waals surface area (Å²) in [6.07, 6.45) is 6.42. The topological polar surface area (TPSA) is 95.0 Å². The molecule has 7 nitrogen and oxygen atoms in total. The predicted molar refractivity (Wildman–Crippen MR) is 132 cm³/mol. The summed E-state index contributed by atoms with van der Waals surface area (Å²) in [5.74, 6) is 1.42. The number of aromatic hydroxyl groups is 1. The first-order valence-corrected chi connectivity index (χ1v) is 10.8. The minimum absolute atomic E-state index is 0. The number of phenolic OH excluding ortho intramolecular Hbond substituents is 1. The third kappa shape index (κ3) is 9.51. The molecule has 8 heteroatoms. The Morgan fingerprint density at radius 2 is 1.80 bits per heavy atom. The number of amides is 1. The molecule has 0 saturated heterocycles. The van der Waals surface area contributed by atoms with Gasteiger partial charge in [-0.3, -0.25) is 9.79 Å². The zero-order chi connectivity index (χ0) is 20.9. The van der Waals surface area contributed by atoms with Gasteiger partial charge in [0.1, 0.15) is 5.75 Å². The van der Waals surface area contributed by atoms with E-state index in [-0.39, 0.29) is 35.6 Å². The minimum Gasteiger partial charge on any atom is -0.508 e. The standard InChI is InChI=1S/C22H36N4O3.HI/c1-3-23-22(25-14-13-20(29-4-2)17-7-5-6-8-17)26-16-15-24-21(28)18-9-11-19(27)12-10-18;/h9-12,17,20,27H,3-8,13-16H2,1-2H3,(H,24,28)(H2,23,25,26);1H. The molecule has 2 rings (SSSR count). The Hall–Kier alpha value is -1.55. The van der Waals surface area contributed by atoms with Crippen molar-refractivity contribution in [2.45, 2.75) is 52.1 Å². The second-order valence-electron chi connectivity index (χ2n) is 7.32. The van der Waals surface area contributed by atoms with Crippen LogP contribution in [-0.4, -0.2) is 55.9 Å². The van der Waals surface area contributed by atoms with E-state index in [1.165, 1.54) is 37.8 Å². The van der Waals surface area contributed by atoms with E-state index in [1.54, 1.807) is 12.1 Å². The SMILES string of the molecule is CCNC(=NCCC(OCC)C1CCCC1)NCCNC(=O)c1ccc(O)cc1.I. The van der Waals surface area contributed by atoms with Crippen molar-refractivity contribution >= 4 is 35.8 Å².